The number of carbonyl (C=O) groups is 1. The summed E-state index contributed by atoms with van der Waals surface area (Å²) in [6, 6.07) is 6.46. The summed E-state index contributed by atoms with van der Waals surface area (Å²) < 4.78 is 25.2. The van der Waals surface area contributed by atoms with Crippen LogP contribution in [0.15, 0.2) is 24.3 Å². The molecule has 0 fully saturated rings. The van der Waals surface area contributed by atoms with Gasteiger partial charge in [0.15, 0.2) is 0 Å². The molecule has 0 aromatic heterocycles. The number of rotatable bonds is 6. The molecule has 1 rings (SSSR count). The van der Waals surface area contributed by atoms with Crippen molar-refractivity contribution < 1.29 is 13.2 Å². The Balaban J connectivity index is 2.75. The van der Waals surface area contributed by atoms with Gasteiger partial charge in [-0.15, -0.1) is 0 Å². The Morgan fingerprint density at radius 3 is 2.15 bits per heavy atom. The summed E-state index contributed by atoms with van der Waals surface area (Å²) in [7, 11) is -3.29. The van der Waals surface area contributed by atoms with Gasteiger partial charge in [0.25, 0.3) is 0 Å². The molecule has 20 heavy (non-hydrogen) atoms. The van der Waals surface area contributed by atoms with E-state index in [0.29, 0.717) is 11.4 Å². The van der Waals surface area contributed by atoms with Crippen molar-refractivity contribution in [2.24, 2.45) is 11.1 Å². The molecule has 0 saturated carbocycles. The average Bonchev–Trinajstić information content (AvgIpc) is 2.40. The zero-order chi connectivity index (χ0) is 15.4. The molecule has 0 aliphatic rings. The van der Waals surface area contributed by atoms with Crippen molar-refractivity contribution in [1.82, 2.24) is 0 Å². The van der Waals surface area contributed by atoms with E-state index in [9.17, 15) is 13.2 Å². The monoisotopic (exact) mass is 299 g/mol. The van der Waals surface area contributed by atoms with Crippen LogP contribution in [0.25, 0.3) is 0 Å². The fourth-order valence-corrected chi connectivity index (χ4v) is 1.91. The van der Waals surface area contributed by atoms with Gasteiger partial charge in [-0.2, -0.15) is 0 Å². The Labute approximate surface area is 119 Å². The number of amides is 1. The highest BCUT2D eigenvalue weighted by Gasteiger charge is 2.25. The molecule has 0 saturated heterocycles. The summed E-state index contributed by atoms with van der Waals surface area (Å²) in [6.45, 7) is 5.32. The first kappa shape index (κ1) is 16.5. The van der Waals surface area contributed by atoms with Gasteiger partial charge in [-0.1, -0.05) is 0 Å². The van der Waals surface area contributed by atoms with Crippen LogP contribution in [-0.2, 0) is 14.8 Å². The minimum atomic E-state index is -3.29. The topological polar surface area (TPSA) is 101 Å². The third kappa shape index (κ3) is 4.50. The highest BCUT2D eigenvalue weighted by molar-refractivity contribution is 7.92. The van der Waals surface area contributed by atoms with E-state index < -0.39 is 15.4 Å². The molecule has 1 amide bonds. The number of carbonyl (C=O) groups excluding carboxylic acids is 1. The van der Waals surface area contributed by atoms with Crippen molar-refractivity contribution in [2.45, 2.75) is 20.8 Å². The number of hydrogen-bond acceptors (Lipinski definition) is 4. The van der Waals surface area contributed by atoms with E-state index in [1.54, 1.807) is 45.0 Å². The number of anilines is 2. The molecule has 7 heteroatoms. The van der Waals surface area contributed by atoms with Crippen molar-refractivity contribution >= 4 is 27.3 Å². The zero-order valence-corrected chi connectivity index (χ0v) is 12.8. The maximum absolute atomic E-state index is 11.9. The maximum Gasteiger partial charge on any atom is 0.232 e. The molecule has 1 aromatic carbocycles. The molecule has 1 aromatic rings. The molecule has 112 valence electrons. The van der Waals surface area contributed by atoms with E-state index in [1.807, 2.05) is 0 Å². The minimum absolute atomic E-state index is 0.0101. The summed E-state index contributed by atoms with van der Waals surface area (Å²) >= 11 is 0. The van der Waals surface area contributed by atoms with Gasteiger partial charge in [-0.3, -0.25) is 9.52 Å². The third-order valence-electron chi connectivity index (χ3n) is 2.92. The second-order valence-electron chi connectivity index (χ2n) is 5.12. The standard InChI is InChI=1S/C13H21N3O3S/c1-4-20(18,19)16-11-7-5-10(6-8-11)15-12(17)13(2,3)9-14/h5-8,16H,4,9,14H2,1-3H3,(H,15,17). The Morgan fingerprint density at radius 1 is 1.20 bits per heavy atom. The maximum atomic E-state index is 11.9. The predicted molar refractivity (Wildman–Crippen MR) is 81.0 cm³/mol. The molecule has 0 unspecified atom stereocenters. The quantitative estimate of drug-likeness (QED) is 0.738. The third-order valence-corrected chi connectivity index (χ3v) is 4.23. The lowest BCUT2D eigenvalue weighted by Gasteiger charge is -2.21. The fraction of sp³-hybridized carbons (Fsp3) is 0.462. The molecular weight excluding hydrogens is 278 g/mol. The molecule has 4 N–H and O–H groups in total. The highest BCUT2D eigenvalue weighted by Crippen LogP contribution is 2.19. The Kier molecular flexibility index (Phi) is 5.13. The van der Waals surface area contributed by atoms with Crippen LogP contribution in [0.3, 0.4) is 0 Å². The van der Waals surface area contributed by atoms with Gasteiger partial charge in [-0.05, 0) is 45.0 Å². The van der Waals surface area contributed by atoms with Crippen LogP contribution in [0, 0.1) is 5.41 Å². The van der Waals surface area contributed by atoms with E-state index >= 15 is 0 Å². The molecular formula is C13H21N3O3S. The van der Waals surface area contributed by atoms with Gasteiger partial charge in [0.05, 0.1) is 11.2 Å². The van der Waals surface area contributed by atoms with Crippen LogP contribution in [0.2, 0.25) is 0 Å². The van der Waals surface area contributed by atoms with Crippen LogP contribution in [0.1, 0.15) is 20.8 Å². The van der Waals surface area contributed by atoms with Gasteiger partial charge >= 0.3 is 0 Å². The van der Waals surface area contributed by atoms with E-state index in [-0.39, 0.29) is 18.2 Å². The summed E-state index contributed by atoms with van der Waals surface area (Å²) in [5.41, 5.74) is 5.94. The molecule has 0 aliphatic heterocycles. The number of benzene rings is 1. The van der Waals surface area contributed by atoms with Crippen molar-refractivity contribution in [3.05, 3.63) is 24.3 Å². The van der Waals surface area contributed by atoms with Crippen LogP contribution in [-0.4, -0.2) is 26.6 Å². The van der Waals surface area contributed by atoms with Crippen LogP contribution >= 0.6 is 0 Å². The lowest BCUT2D eigenvalue weighted by atomic mass is 9.92. The zero-order valence-electron chi connectivity index (χ0n) is 11.9. The van der Waals surface area contributed by atoms with Gasteiger partial charge in [0.2, 0.25) is 15.9 Å². The average molecular weight is 299 g/mol. The van der Waals surface area contributed by atoms with E-state index in [1.165, 1.54) is 0 Å². The normalized spacial score (nSPS) is 12.0. The molecule has 0 radical (unpaired) electrons. The molecule has 0 spiro atoms. The Hall–Kier alpha value is -1.60. The lowest BCUT2D eigenvalue weighted by Crippen LogP contribution is -2.37. The molecule has 0 atom stereocenters. The van der Waals surface area contributed by atoms with Crippen LogP contribution < -0.4 is 15.8 Å². The summed E-state index contributed by atoms with van der Waals surface area (Å²) in [4.78, 5) is 11.9. The molecule has 0 bridgehead atoms. The number of nitrogens with two attached hydrogens (primary N) is 1. The largest absolute Gasteiger partial charge is 0.329 e. The van der Waals surface area contributed by atoms with E-state index in [2.05, 4.69) is 10.0 Å². The second kappa shape index (κ2) is 6.23. The number of nitrogens with one attached hydrogen (secondary N) is 2. The van der Waals surface area contributed by atoms with Gasteiger partial charge in [0.1, 0.15) is 0 Å². The fourth-order valence-electron chi connectivity index (χ4n) is 1.27. The number of hydrogen-bond donors (Lipinski definition) is 3. The molecule has 0 heterocycles. The Morgan fingerprint density at radius 2 is 1.70 bits per heavy atom. The van der Waals surface area contributed by atoms with Gasteiger partial charge in [0, 0.05) is 17.9 Å². The second-order valence-corrected chi connectivity index (χ2v) is 7.14. The minimum Gasteiger partial charge on any atom is -0.329 e. The van der Waals surface area contributed by atoms with Crippen molar-refractivity contribution in [3.63, 3.8) is 0 Å². The highest BCUT2D eigenvalue weighted by atomic mass is 32.2. The van der Waals surface area contributed by atoms with Crippen molar-refractivity contribution in [3.8, 4) is 0 Å². The summed E-state index contributed by atoms with van der Waals surface area (Å²) in [5, 5.41) is 2.74. The first-order valence-electron chi connectivity index (χ1n) is 6.32. The summed E-state index contributed by atoms with van der Waals surface area (Å²) in [6.07, 6.45) is 0. The number of sulfonamides is 1. The molecule has 0 aliphatic carbocycles. The van der Waals surface area contributed by atoms with Crippen LogP contribution in [0.4, 0.5) is 11.4 Å². The van der Waals surface area contributed by atoms with Crippen molar-refractivity contribution in [2.75, 3.05) is 22.3 Å². The van der Waals surface area contributed by atoms with Crippen molar-refractivity contribution in [1.29, 1.82) is 0 Å². The summed E-state index contributed by atoms with van der Waals surface area (Å²) in [5.74, 6) is -0.169. The van der Waals surface area contributed by atoms with Gasteiger partial charge < -0.3 is 11.1 Å². The van der Waals surface area contributed by atoms with E-state index in [4.69, 9.17) is 5.73 Å². The first-order chi connectivity index (χ1) is 9.20. The lowest BCUT2D eigenvalue weighted by molar-refractivity contribution is -0.123. The SMILES string of the molecule is CCS(=O)(=O)Nc1ccc(NC(=O)C(C)(C)CN)cc1. The van der Waals surface area contributed by atoms with E-state index in [0.717, 1.165) is 0 Å². The Bertz CT molecular complexity index is 565. The predicted octanol–water partition coefficient (Wildman–Crippen LogP) is 1.37. The smallest absolute Gasteiger partial charge is 0.232 e. The first-order valence-corrected chi connectivity index (χ1v) is 7.97. The van der Waals surface area contributed by atoms with Crippen LogP contribution in [0.5, 0.6) is 0 Å². The van der Waals surface area contributed by atoms with Gasteiger partial charge in [-0.25, -0.2) is 8.42 Å². The molecule has 6 nitrogen and oxygen atoms in total.